The molecule has 126 valence electrons. The summed E-state index contributed by atoms with van der Waals surface area (Å²) in [6.07, 6.45) is -1.50. The van der Waals surface area contributed by atoms with Crippen molar-refractivity contribution in [3.8, 4) is 11.5 Å². The van der Waals surface area contributed by atoms with Crippen LogP contribution in [0.25, 0.3) is 6.08 Å². The fourth-order valence-electron chi connectivity index (χ4n) is 2.51. The number of halogens is 3. The number of carbonyl (C=O) groups excluding carboxylic acids is 1. The molecular weight excluding hydrogens is 311 g/mol. The lowest BCUT2D eigenvalue weighted by atomic mass is 9.96. The van der Waals surface area contributed by atoms with Crippen LogP contribution in [-0.2, 0) is 4.79 Å². The van der Waals surface area contributed by atoms with Crippen LogP contribution >= 0.6 is 0 Å². The van der Waals surface area contributed by atoms with Crippen molar-refractivity contribution in [2.24, 2.45) is 5.92 Å². The average Bonchev–Trinajstić information content (AvgIpc) is 2.52. The van der Waals surface area contributed by atoms with Crippen LogP contribution in [0.5, 0.6) is 11.5 Å². The van der Waals surface area contributed by atoms with Gasteiger partial charge in [0.25, 0.3) is 0 Å². The number of amides is 1. The van der Waals surface area contributed by atoms with Gasteiger partial charge in [-0.3, -0.25) is 4.79 Å². The summed E-state index contributed by atoms with van der Waals surface area (Å²) in [4.78, 5) is 13.4. The van der Waals surface area contributed by atoms with E-state index in [9.17, 15) is 23.1 Å². The quantitative estimate of drug-likeness (QED) is 0.866. The second-order valence-electron chi connectivity index (χ2n) is 5.41. The van der Waals surface area contributed by atoms with E-state index < -0.39 is 12.1 Å². The van der Waals surface area contributed by atoms with E-state index >= 15 is 0 Å². The van der Waals surface area contributed by atoms with Crippen molar-refractivity contribution in [2.75, 3.05) is 20.2 Å². The van der Waals surface area contributed by atoms with Crippen molar-refractivity contribution in [1.29, 1.82) is 0 Å². The standard InChI is InChI=1S/C16H18F3NO3/c1-23-14-4-2-11(10-13(14)21)3-5-15(22)20-8-6-12(7-9-20)16(17,18)19/h2-5,10,12,21H,6-9H2,1H3/b5-3+. The highest BCUT2D eigenvalue weighted by Crippen LogP contribution is 2.34. The van der Waals surface area contributed by atoms with Crippen molar-refractivity contribution in [3.63, 3.8) is 0 Å². The van der Waals surface area contributed by atoms with E-state index in [1.807, 2.05) is 0 Å². The van der Waals surface area contributed by atoms with E-state index in [1.54, 1.807) is 12.1 Å². The molecule has 0 aliphatic carbocycles. The third-order valence-corrected chi connectivity index (χ3v) is 3.89. The number of alkyl halides is 3. The molecule has 0 spiro atoms. The first-order chi connectivity index (χ1) is 10.8. The minimum atomic E-state index is -4.19. The molecule has 0 bridgehead atoms. The largest absolute Gasteiger partial charge is 0.504 e. The third kappa shape index (κ3) is 4.40. The Balaban J connectivity index is 1.94. The molecule has 0 unspecified atom stereocenters. The first-order valence-electron chi connectivity index (χ1n) is 7.22. The van der Waals surface area contributed by atoms with Gasteiger partial charge >= 0.3 is 6.18 Å². The number of ether oxygens (including phenoxy) is 1. The van der Waals surface area contributed by atoms with Crippen LogP contribution in [0, 0.1) is 5.92 Å². The first-order valence-corrected chi connectivity index (χ1v) is 7.22. The Kier molecular flexibility index (Phi) is 5.18. The van der Waals surface area contributed by atoms with Crippen molar-refractivity contribution >= 4 is 12.0 Å². The van der Waals surface area contributed by atoms with Gasteiger partial charge in [0.15, 0.2) is 11.5 Å². The van der Waals surface area contributed by atoms with E-state index in [-0.39, 0.29) is 37.6 Å². The zero-order valence-corrected chi connectivity index (χ0v) is 12.6. The third-order valence-electron chi connectivity index (χ3n) is 3.89. The normalized spacial score (nSPS) is 16.8. The summed E-state index contributed by atoms with van der Waals surface area (Å²) in [7, 11) is 1.43. The monoisotopic (exact) mass is 329 g/mol. The maximum absolute atomic E-state index is 12.6. The molecule has 7 heteroatoms. The summed E-state index contributed by atoms with van der Waals surface area (Å²) >= 11 is 0. The predicted molar refractivity (Wildman–Crippen MR) is 79.1 cm³/mol. The number of nitrogens with zero attached hydrogens (tertiary/aromatic N) is 1. The minimum absolute atomic E-state index is 0.0481. The molecule has 0 aromatic heterocycles. The van der Waals surface area contributed by atoms with Gasteiger partial charge in [0, 0.05) is 19.2 Å². The highest BCUT2D eigenvalue weighted by Gasteiger charge is 2.41. The SMILES string of the molecule is COc1ccc(/C=C/C(=O)N2CCC(C(F)(F)F)CC2)cc1O. The number of hydrogen-bond donors (Lipinski definition) is 1. The van der Waals surface area contributed by atoms with Crippen LogP contribution in [0.1, 0.15) is 18.4 Å². The molecule has 0 radical (unpaired) electrons. The van der Waals surface area contributed by atoms with E-state index in [0.717, 1.165) is 0 Å². The Morgan fingerprint density at radius 3 is 2.52 bits per heavy atom. The van der Waals surface area contributed by atoms with Crippen LogP contribution < -0.4 is 4.74 Å². The Morgan fingerprint density at radius 1 is 1.35 bits per heavy atom. The first kappa shape index (κ1) is 17.2. The molecule has 0 saturated carbocycles. The van der Waals surface area contributed by atoms with Gasteiger partial charge < -0.3 is 14.7 Å². The Hall–Kier alpha value is -2.18. The van der Waals surface area contributed by atoms with Crippen LogP contribution in [0.3, 0.4) is 0 Å². The summed E-state index contributed by atoms with van der Waals surface area (Å²) in [6.45, 7) is 0.197. The highest BCUT2D eigenvalue weighted by molar-refractivity contribution is 5.91. The molecule has 0 atom stereocenters. The van der Waals surface area contributed by atoms with Gasteiger partial charge in [-0.15, -0.1) is 0 Å². The lowest BCUT2D eigenvalue weighted by Gasteiger charge is -2.32. The lowest BCUT2D eigenvalue weighted by Crippen LogP contribution is -2.41. The number of phenolic OH excluding ortho intramolecular Hbond substituents is 1. The number of methoxy groups -OCH3 is 1. The van der Waals surface area contributed by atoms with E-state index in [1.165, 1.54) is 30.2 Å². The summed E-state index contributed by atoms with van der Waals surface area (Å²) in [5.41, 5.74) is 0.599. The summed E-state index contributed by atoms with van der Waals surface area (Å²) in [5, 5.41) is 9.65. The summed E-state index contributed by atoms with van der Waals surface area (Å²) in [6, 6.07) is 4.67. The minimum Gasteiger partial charge on any atom is -0.504 e. The fourth-order valence-corrected chi connectivity index (χ4v) is 2.51. The average molecular weight is 329 g/mol. The van der Waals surface area contributed by atoms with Gasteiger partial charge in [0.2, 0.25) is 5.91 Å². The van der Waals surface area contributed by atoms with E-state index in [4.69, 9.17) is 4.74 Å². The van der Waals surface area contributed by atoms with Crippen molar-refractivity contribution in [1.82, 2.24) is 4.90 Å². The van der Waals surface area contributed by atoms with E-state index in [2.05, 4.69) is 0 Å². The Morgan fingerprint density at radius 2 is 2.00 bits per heavy atom. The number of likely N-dealkylation sites (tertiary alicyclic amines) is 1. The maximum Gasteiger partial charge on any atom is 0.391 e. The van der Waals surface area contributed by atoms with Gasteiger partial charge in [-0.1, -0.05) is 6.07 Å². The molecule has 1 aliphatic rings. The fraction of sp³-hybridized carbons (Fsp3) is 0.438. The zero-order chi connectivity index (χ0) is 17.0. The second kappa shape index (κ2) is 6.93. The molecule has 1 aromatic rings. The van der Waals surface area contributed by atoms with Gasteiger partial charge in [-0.05, 0) is 36.6 Å². The Labute approximate surface area is 132 Å². The smallest absolute Gasteiger partial charge is 0.391 e. The summed E-state index contributed by atoms with van der Waals surface area (Å²) in [5.74, 6) is -1.38. The topological polar surface area (TPSA) is 49.8 Å². The van der Waals surface area contributed by atoms with Gasteiger partial charge in [-0.25, -0.2) is 0 Å². The zero-order valence-electron chi connectivity index (χ0n) is 12.6. The molecule has 1 fully saturated rings. The van der Waals surface area contributed by atoms with Crippen LogP contribution in [-0.4, -0.2) is 42.3 Å². The van der Waals surface area contributed by atoms with Gasteiger partial charge in [0.1, 0.15) is 0 Å². The highest BCUT2D eigenvalue weighted by atomic mass is 19.4. The molecular formula is C16H18F3NO3. The van der Waals surface area contributed by atoms with Crippen molar-refractivity contribution < 1.29 is 27.8 Å². The molecule has 1 N–H and O–H groups in total. The Bertz CT molecular complexity index is 591. The molecule has 1 saturated heterocycles. The number of benzene rings is 1. The molecule has 2 rings (SSSR count). The molecule has 1 aromatic carbocycles. The lowest BCUT2D eigenvalue weighted by molar-refractivity contribution is -0.186. The molecule has 1 aliphatic heterocycles. The van der Waals surface area contributed by atoms with Gasteiger partial charge in [-0.2, -0.15) is 13.2 Å². The van der Waals surface area contributed by atoms with Crippen molar-refractivity contribution in [2.45, 2.75) is 19.0 Å². The number of piperidine rings is 1. The number of aromatic hydroxyl groups is 1. The number of rotatable bonds is 3. The molecule has 1 amide bonds. The predicted octanol–water partition coefficient (Wildman–Crippen LogP) is 3.21. The maximum atomic E-state index is 12.6. The second-order valence-corrected chi connectivity index (χ2v) is 5.41. The van der Waals surface area contributed by atoms with Crippen LogP contribution in [0.4, 0.5) is 13.2 Å². The molecule has 23 heavy (non-hydrogen) atoms. The van der Waals surface area contributed by atoms with E-state index in [0.29, 0.717) is 11.3 Å². The number of carbonyl (C=O) groups is 1. The van der Waals surface area contributed by atoms with Crippen LogP contribution in [0.2, 0.25) is 0 Å². The van der Waals surface area contributed by atoms with Crippen LogP contribution in [0.15, 0.2) is 24.3 Å². The van der Waals surface area contributed by atoms with Crippen molar-refractivity contribution in [3.05, 3.63) is 29.8 Å². The molecule has 1 heterocycles. The summed E-state index contributed by atoms with van der Waals surface area (Å²) < 4.78 is 42.7. The molecule has 4 nitrogen and oxygen atoms in total. The number of hydrogen-bond acceptors (Lipinski definition) is 3. The number of phenols is 1. The van der Waals surface area contributed by atoms with Gasteiger partial charge in [0.05, 0.1) is 13.0 Å².